The van der Waals surface area contributed by atoms with Gasteiger partial charge in [-0.1, -0.05) is 90.4 Å². The lowest BCUT2D eigenvalue weighted by atomic mass is 10.0. The van der Waals surface area contributed by atoms with Gasteiger partial charge in [-0.3, -0.25) is 0 Å². The molecule has 0 amide bonds. The Bertz CT molecular complexity index is 480. The summed E-state index contributed by atoms with van der Waals surface area (Å²) in [5.41, 5.74) is 0. The van der Waals surface area contributed by atoms with Crippen molar-refractivity contribution < 1.29 is 42.7 Å². The molecule has 0 unspecified atom stereocenters. The minimum atomic E-state index is -0.395. The lowest BCUT2D eigenvalue weighted by Crippen LogP contribution is -2.15. The van der Waals surface area contributed by atoms with E-state index in [1.165, 1.54) is 90.6 Å². The first-order chi connectivity index (χ1) is 19.8. The molecule has 0 bridgehead atoms. The van der Waals surface area contributed by atoms with E-state index in [9.17, 15) is 4.79 Å². The Kier molecular flexibility index (Phi) is 35.5. The smallest absolute Gasteiger partial charge is 0.331 e. The molecule has 0 spiro atoms. The van der Waals surface area contributed by atoms with Crippen LogP contribution in [0.15, 0.2) is 0 Å². The van der Waals surface area contributed by atoms with Gasteiger partial charge in [0.15, 0.2) is 0 Å². The fraction of sp³-hybridized carbons (Fsp3) is 0.968. The first-order valence-corrected chi connectivity index (χ1v) is 15.9. The Hall–Kier alpha value is -0.810. The molecule has 0 fully saturated rings. The van der Waals surface area contributed by atoms with Crippen LogP contribution < -0.4 is 0 Å². The van der Waals surface area contributed by atoms with Crippen molar-refractivity contribution in [2.75, 3.05) is 99.6 Å². The second kappa shape index (κ2) is 36.2. The van der Waals surface area contributed by atoms with E-state index in [0.717, 1.165) is 13.0 Å². The number of hydrogen-bond acceptors (Lipinski definition) is 9. The van der Waals surface area contributed by atoms with Gasteiger partial charge in [-0.15, -0.1) is 0 Å². The minimum absolute atomic E-state index is 0.0565. The molecule has 40 heavy (non-hydrogen) atoms. The van der Waals surface area contributed by atoms with Gasteiger partial charge in [-0.25, -0.2) is 4.79 Å². The van der Waals surface area contributed by atoms with Crippen molar-refractivity contribution in [3.8, 4) is 0 Å². The van der Waals surface area contributed by atoms with Gasteiger partial charge in [0.1, 0.15) is 6.61 Å². The normalized spacial score (nSPS) is 11.3. The zero-order valence-corrected chi connectivity index (χ0v) is 26.0. The van der Waals surface area contributed by atoms with E-state index in [1.54, 1.807) is 0 Å². The van der Waals surface area contributed by atoms with Gasteiger partial charge in [0.05, 0.1) is 86.4 Å². The fourth-order valence-corrected chi connectivity index (χ4v) is 3.93. The molecular weight excluding hydrogens is 516 g/mol. The molecule has 9 heteroatoms. The lowest BCUT2D eigenvalue weighted by molar-refractivity contribution is -0.146. The average Bonchev–Trinajstić information content (AvgIpc) is 2.97. The lowest BCUT2D eigenvalue weighted by Gasteiger charge is -2.08. The van der Waals surface area contributed by atoms with Crippen molar-refractivity contribution in [1.82, 2.24) is 0 Å². The molecule has 0 aliphatic heterocycles. The largest absolute Gasteiger partial charge is 0.467 e. The fourth-order valence-electron chi connectivity index (χ4n) is 3.93. The molecule has 0 saturated heterocycles. The molecule has 0 N–H and O–H groups in total. The minimum Gasteiger partial charge on any atom is -0.467 e. The summed E-state index contributed by atoms with van der Waals surface area (Å²) in [6, 6.07) is 0. The van der Waals surface area contributed by atoms with Gasteiger partial charge in [0, 0.05) is 6.61 Å². The number of carbonyl (C=O) groups is 1. The van der Waals surface area contributed by atoms with Crippen LogP contribution in [0.3, 0.4) is 0 Å². The van der Waals surface area contributed by atoms with Crippen molar-refractivity contribution in [2.24, 2.45) is 0 Å². The molecule has 9 nitrogen and oxygen atoms in total. The van der Waals surface area contributed by atoms with Gasteiger partial charge in [0.2, 0.25) is 0 Å². The van der Waals surface area contributed by atoms with Crippen LogP contribution in [0.2, 0.25) is 0 Å². The molecule has 0 radical (unpaired) electrons. The molecule has 0 atom stereocenters. The van der Waals surface area contributed by atoms with Crippen molar-refractivity contribution in [2.45, 2.75) is 96.8 Å². The van der Waals surface area contributed by atoms with Crippen molar-refractivity contribution in [3.63, 3.8) is 0 Å². The first kappa shape index (κ1) is 39.2. The van der Waals surface area contributed by atoms with Crippen molar-refractivity contribution in [3.05, 3.63) is 0 Å². The number of hydrogen-bond donors (Lipinski definition) is 0. The highest BCUT2D eigenvalue weighted by Crippen LogP contribution is 2.12. The van der Waals surface area contributed by atoms with Crippen LogP contribution in [-0.4, -0.2) is 106 Å². The zero-order valence-electron chi connectivity index (χ0n) is 26.0. The number of methoxy groups -OCH3 is 1. The van der Waals surface area contributed by atoms with Crippen LogP contribution in [0.4, 0.5) is 0 Å². The Morgan fingerprint density at radius 2 is 0.650 bits per heavy atom. The average molecular weight is 579 g/mol. The highest BCUT2D eigenvalue weighted by atomic mass is 16.6. The van der Waals surface area contributed by atoms with E-state index in [-0.39, 0.29) is 6.61 Å². The van der Waals surface area contributed by atoms with Gasteiger partial charge in [-0.2, -0.15) is 0 Å². The Morgan fingerprint density at radius 1 is 0.375 bits per heavy atom. The van der Waals surface area contributed by atoms with Crippen LogP contribution in [0.5, 0.6) is 0 Å². The van der Waals surface area contributed by atoms with E-state index in [2.05, 4.69) is 11.7 Å². The SMILES string of the molecule is CCCCCCCCCCCCCCCCOCCOCCOCCOCCOCCOCCOCC(=O)OC. The Balaban J connectivity index is 3.04. The molecule has 0 aromatic rings. The standard InChI is InChI=1S/C31H62O9/c1-3-4-5-6-7-8-9-10-11-12-13-14-15-16-17-34-18-19-35-20-21-36-22-23-37-24-25-38-26-27-39-28-29-40-30-31(32)33-2/h3-30H2,1-2H3. The number of rotatable bonds is 35. The maximum Gasteiger partial charge on any atom is 0.331 e. The summed E-state index contributed by atoms with van der Waals surface area (Å²) >= 11 is 0. The van der Waals surface area contributed by atoms with Gasteiger partial charge in [-0.05, 0) is 6.42 Å². The van der Waals surface area contributed by atoms with E-state index < -0.39 is 5.97 Å². The van der Waals surface area contributed by atoms with E-state index in [0.29, 0.717) is 79.3 Å². The van der Waals surface area contributed by atoms with Crippen molar-refractivity contribution in [1.29, 1.82) is 0 Å². The molecule has 240 valence electrons. The van der Waals surface area contributed by atoms with Crippen LogP contribution >= 0.6 is 0 Å². The number of ether oxygens (including phenoxy) is 8. The summed E-state index contributed by atoms with van der Waals surface area (Å²) in [5, 5.41) is 0. The third kappa shape index (κ3) is 35.2. The van der Waals surface area contributed by atoms with Gasteiger partial charge in [0.25, 0.3) is 0 Å². The van der Waals surface area contributed by atoms with Crippen LogP contribution in [0, 0.1) is 0 Å². The molecule has 0 heterocycles. The van der Waals surface area contributed by atoms with E-state index >= 15 is 0 Å². The van der Waals surface area contributed by atoms with Crippen LogP contribution in [-0.2, 0) is 42.7 Å². The molecule has 0 rings (SSSR count). The molecule has 0 aromatic carbocycles. The van der Waals surface area contributed by atoms with Crippen molar-refractivity contribution >= 4 is 5.97 Å². The summed E-state index contributed by atoms with van der Waals surface area (Å²) in [6.45, 7) is 9.22. The summed E-state index contributed by atoms with van der Waals surface area (Å²) < 4.78 is 42.4. The number of esters is 1. The molecular formula is C31H62O9. The molecule has 0 aliphatic rings. The summed E-state index contributed by atoms with van der Waals surface area (Å²) in [6.07, 6.45) is 19.3. The Morgan fingerprint density at radius 3 is 0.975 bits per heavy atom. The highest BCUT2D eigenvalue weighted by Gasteiger charge is 1.99. The quantitative estimate of drug-likeness (QED) is 0.0688. The van der Waals surface area contributed by atoms with E-state index in [4.69, 9.17) is 33.2 Å². The van der Waals surface area contributed by atoms with E-state index in [1.807, 2.05) is 0 Å². The summed E-state index contributed by atoms with van der Waals surface area (Å²) in [7, 11) is 1.32. The monoisotopic (exact) mass is 578 g/mol. The van der Waals surface area contributed by atoms with Gasteiger partial charge >= 0.3 is 5.97 Å². The third-order valence-corrected chi connectivity index (χ3v) is 6.32. The summed E-state index contributed by atoms with van der Waals surface area (Å²) in [4.78, 5) is 10.8. The molecule has 0 saturated carbocycles. The third-order valence-electron chi connectivity index (χ3n) is 6.32. The summed E-state index contributed by atoms with van der Waals surface area (Å²) in [5.74, 6) is -0.395. The number of unbranched alkanes of at least 4 members (excludes halogenated alkanes) is 13. The van der Waals surface area contributed by atoms with Crippen LogP contribution in [0.1, 0.15) is 96.8 Å². The maximum atomic E-state index is 10.8. The predicted molar refractivity (Wildman–Crippen MR) is 158 cm³/mol. The van der Waals surface area contributed by atoms with Gasteiger partial charge < -0.3 is 37.9 Å². The topological polar surface area (TPSA) is 90.9 Å². The Labute approximate surface area is 245 Å². The second-order valence-corrected chi connectivity index (χ2v) is 9.90. The first-order valence-electron chi connectivity index (χ1n) is 15.9. The molecule has 0 aromatic heterocycles. The highest BCUT2D eigenvalue weighted by molar-refractivity contribution is 5.70. The second-order valence-electron chi connectivity index (χ2n) is 9.90. The zero-order chi connectivity index (χ0) is 29.0. The number of carbonyl (C=O) groups excluding carboxylic acids is 1. The molecule has 0 aliphatic carbocycles. The predicted octanol–water partition coefficient (Wildman–Crippen LogP) is 5.76. The van der Waals surface area contributed by atoms with Crippen LogP contribution in [0.25, 0.3) is 0 Å². The maximum absolute atomic E-state index is 10.8.